The molecule has 0 aliphatic carbocycles. The standard InChI is InChI=1S/C23H25FN8/c24-18-15-26-11-6-19(18)29-23-21-17(14-27-13-16-4-9-25-10-5-16)7-12-32(21)31-22(30-23)20-3-1-2-8-28-20/h1-3,6-8,11-12,15-16,25,27H,4-5,9-10,13-14H2,(H,26,29,30,31). The zero-order chi connectivity index (χ0) is 21.8. The van der Waals surface area contributed by atoms with Crippen molar-refractivity contribution in [2.45, 2.75) is 19.4 Å². The van der Waals surface area contributed by atoms with Crippen LogP contribution < -0.4 is 16.0 Å². The van der Waals surface area contributed by atoms with Crippen molar-refractivity contribution in [2.24, 2.45) is 5.92 Å². The van der Waals surface area contributed by atoms with E-state index in [1.54, 1.807) is 23.0 Å². The molecule has 0 atom stereocenters. The first-order chi connectivity index (χ1) is 15.8. The lowest BCUT2D eigenvalue weighted by atomic mass is 9.98. The molecule has 3 N–H and O–H groups in total. The lowest BCUT2D eigenvalue weighted by molar-refractivity contribution is 0.356. The van der Waals surface area contributed by atoms with E-state index in [4.69, 9.17) is 4.98 Å². The van der Waals surface area contributed by atoms with Crippen LogP contribution in [0, 0.1) is 11.7 Å². The van der Waals surface area contributed by atoms with Gasteiger partial charge in [0.2, 0.25) is 5.82 Å². The average molecular weight is 433 g/mol. The van der Waals surface area contributed by atoms with Gasteiger partial charge in [-0.3, -0.25) is 9.97 Å². The number of fused-ring (bicyclic) bond motifs is 1. The van der Waals surface area contributed by atoms with Gasteiger partial charge in [-0.2, -0.15) is 0 Å². The van der Waals surface area contributed by atoms with E-state index in [0.29, 0.717) is 35.5 Å². The third-order valence-electron chi connectivity index (χ3n) is 5.72. The highest BCUT2D eigenvalue weighted by molar-refractivity contribution is 5.78. The molecule has 0 unspecified atom stereocenters. The molecule has 1 aliphatic rings. The van der Waals surface area contributed by atoms with Crippen LogP contribution >= 0.6 is 0 Å². The highest BCUT2D eigenvalue weighted by Gasteiger charge is 2.17. The molecule has 5 heterocycles. The van der Waals surface area contributed by atoms with Gasteiger partial charge in [0.05, 0.1) is 11.9 Å². The van der Waals surface area contributed by atoms with Crippen molar-refractivity contribution < 1.29 is 4.39 Å². The predicted octanol–water partition coefficient (Wildman–Crippen LogP) is 3.16. The largest absolute Gasteiger partial charge is 0.336 e. The van der Waals surface area contributed by atoms with Crippen LogP contribution in [0.2, 0.25) is 0 Å². The van der Waals surface area contributed by atoms with Gasteiger partial charge in [0.15, 0.2) is 11.6 Å². The van der Waals surface area contributed by atoms with Gasteiger partial charge in [0.1, 0.15) is 11.2 Å². The van der Waals surface area contributed by atoms with Crippen LogP contribution in [0.3, 0.4) is 0 Å². The van der Waals surface area contributed by atoms with Crippen molar-refractivity contribution in [3.63, 3.8) is 0 Å². The maximum atomic E-state index is 14.3. The SMILES string of the molecule is Fc1cnccc1Nc1nc(-c2ccccn2)nn2ccc(CNCC3CCNCC3)c12. The van der Waals surface area contributed by atoms with Crippen molar-refractivity contribution in [2.75, 3.05) is 25.0 Å². The molecule has 9 heteroatoms. The van der Waals surface area contributed by atoms with Crippen LogP contribution in [0.15, 0.2) is 55.1 Å². The van der Waals surface area contributed by atoms with E-state index >= 15 is 0 Å². The Labute approximate surface area is 185 Å². The highest BCUT2D eigenvalue weighted by atomic mass is 19.1. The van der Waals surface area contributed by atoms with E-state index in [9.17, 15) is 4.39 Å². The van der Waals surface area contributed by atoms with Crippen molar-refractivity contribution in [1.29, 1.82) is 0 Å². The van der Waals surface area contributed by atoms with E-state index in [2.05, 4.69) is 31.0 Å². The summed E-state index contributed by atoms with van der Waals surface area (Å²) in [6, 6.07) is 9.19. The summed E-state index contributed by atoms with van der Waals surface area (Å²) in [4.78, 5) is 12.9. The molecule has 32 heavy (non-hydrogen) atoms. The summed E-state index contributed by atoms with van der Waals surface area (Å²) in [5.74, 6) is 1.22. The van der Waals surface area contributed by atoms with E-state index in [-0.39, 0.29) is 0 Å². The van der Waals surface area contributed by atoms with Crippen LogP contribution in [-0.2, 0) is 6.54 Å². The molecule has 164 valence electrons. The molecular formula is C23H25FN8. The predicted molar refractivity (Wildman–Crippen MR) is 121 cm³/mol. The number of anilines is 2. The molecule has 0 bridgehead atoms. The topological polar surface area (TPSA) is 92.1 Å². The molecule has 0 saturated carbocycles. The third-order valence-corrected chi connectivity index (χ3v) is 5.72. The van der Waals surface area contributed by atoms with Crippen molar-refractivity contribution in [3.8, 4) is 11.5 Å². The Morgan fingerprint density at radius 1 is 1.12 bits per heavy atom. The van der Waals surface area contributed by atoms with Crippen LogP contribution in [0.25, 0.3) is 17.0 Å². The smallest absolute Gasteiger partial charge is 0.200 e. The van der Waals surface area contributed by atoms with Crippen LogP contribution in [-0.4, -0.2) is 44.2 Å². The number of nitrogens with zero attached hydrogens (tertiary/aromatic N) is 5. The molecule has 1 aliphatic heterocycles. The number of hydrogen-bond acceptors (Lipinski definition) is 7. The second-order valence-corrected chi connectivity index (χ2v) is 7.94. The maximum Gasteiger partial charge on any atom is 0.200 e. The first-order valence-electron chi connectivity index (χ1n) is 10.9. The van der Waals surface area contributed by atoms with Gasteiger partial charge in [-0.25, -0.2) is 13.9 Å². The summed E-state index contributed by atoms with van der Waals surface area (Å²) < 4.78 is 16.1. The third kappa shape index (κ3) is 4.44. The minimum absolute atomic E-state index is 0.308. The molecule has 1 fully saturated rings. The Morgan fingerprint density at radius 2 is 2.03 bits per heavy atom. The molecule has 0 radical (unpaired) electrons. The molecule has 0 amide bonds. The Balaban J connectivity index is 1.47. The van der Waals surface area contributed by atoms with Gasteiger partial charge < -0.3 is 16.0 Å². The summed E-state index contributed by atoms with van der Waals surface area (Å²) in [6.07, 6.45) is 8.70. The zero-order valence-electron chi connectivity index (χ0n) is 17.6. The van der Waals surface area contributed by atoms with Crippen LogP contribution in [0.1, 0.15) is 18.4 Å². The fraction of sp³-hybridized carbons (Fsp3) is 0.304. The Kier molecular flexibility index (Phi) is 6.00. The molecule has 4 aromatic rings. The zero-order valence-corrected chi connectivity index (χ0v) is 17.6. The van der Waals surface area contributed by atoms with Crippen molar-refractivity contribution in [1.82, 2.24) is 35.2 Å². The van der Waals surface area contributed by atoms with E-state index in [1.807, 2.05) is 30.5 Å². The Bertz CT molecular complexity index is 1190. The molecule has 8 nitrogen and oxygen atoms in total. The lowest BCUT2D eigenvalue weighted by Gasteiger charge is -2.22. The second kappa shape index (κ2) is 9.37. The Hall–Kier alpha value is -3.43. The average Bonchev–Trinajstić information content (AvgIpc) is 3.25. The molecular weight excluding hydrogens is 407 g/mol. The van der Waals surface area contributed by atoms with Gasteiger partial charge in [-0.05, 0) is 68.2 Å². The summed E-state index contributed by atoms with van der Waals surface area (Å²) in [5.41, 5.74) is 2.80. The second-order valence-electron chi connectivity index (χ2n) is 7.94. The molecule has 4 aromatic heterocycles. The summed E-state index contributed by atoms with van der Waals surface area (Å²) in [6.45, 7) is 3.81. The summed E-state index contributed by atoms with van der Waals surface area (Å²) in [5, 5.41) is 14.8. The van der Waals surface area contributed by atoms with Gasteiger partial charge in [0.25, 0.3) is 0 Å². The van der Waals surface area contributed by atoms with Crippen molar-refractivity contribution in [3.05, 3.63) is 66.5 Å². The quantitative estimate of drug-likeness (QED) is 0.413. The van der Waals surface area contributed by atoms with Crippen LogP contribution in [0.4, 0.5) is 15.9 Å². The number of piperidine rings is 1. The Morgan fingerprint density at radius 3 is 2.84 bits per heavy atom. The number of halogens is 1. The minimum atomic E-state index is -0.444. The molecule has 5 rings (SSSR count). The maximum absolute atomic E-state index is 14.3. The van der Waals surface area contributed by atoms with Gasteiger partial charge in [-0.1, -0.05) is 6.07 Å². The van der Waals surface area contributed by atoms with E-state index in [0.717, 1.165) is 30.7 Å². The fourth-order valence-electron chi connectivity index (χ4n) is 4.02. The van der Waals surface area contributed by atoms with E-state index < -0.39 is 5.82 Å². The number of nitrogens with one attached hydrogen (secondary N) is 3. The first-order valence-corrected chi connectivity index (χ1v) is 10.9. The normalized spacial score (nSPS) is 14.7. The van der Waals surface area contributed by atoms with Gasteiger partial charge in [0, 0.05) is 25.1 Å². The fourth-order valence-corrected chi connectivity index (χ4v) is 4.02. The summed E-state index contributed by atoms with van der Waals surface area (Å²) >= 11 is 0. The molecule has 0 aromatic carbocycles. The number of rotatable bonds is 7. The van der Waals surface area contributed by atoms with Crippen LogP contribution in [0.5, 0.6) is 0 Å². The van der Waals surface area contributed by atoms with Gasteiger partial charge in [-0.15, -0.1) is 5.10 Å². The van der Waals surface area contributed by atoms with Gasteiger partial charge >= 0.3 is 0 Å². The van der Waals surface area contributed by atoms with E-state index in [1.165, 1.54) is 19.0 Å². The highest BCUT2D eigenvalue weighted by Crippen LogP contribution is 2.27. The van der Waals surface area contributed by atoms with Crippen molar-refractivity contribution >= 4 is 17.0 Å². The lowest BCUT2D eigenvalue weighted by Crippen LogP contribution is -2.33. The first kappa shape index (κ1) is 20.5. The molecule has 0 spiro atoms. The number of hydrogen-bond donors (Lipinski definition) is 3. The molecule has 1 saturated heterocycles. The number of pyridine rings is 2. The summed E-state index contributed by atoms with van der Waals surface area (Å²) in [7, 11) is 0. The number of aromatic nitrogens is 5. The monoisotopic (exact) mass is 432 g/mol. The minimum Gasteiger partial charge on any atom is -0.336 e.